The van der Waals surface area contributed by atoms with E-state index in [0.29, 0.717) is 10.1 Å². The van der Waals surface area contributed by atoms with Crippen molar-refractivity contribution in [2.24, 2.45) is 0 Å². The molecule has 0 aliphatic rings. The molecule has 3 rings (SSSR count). The summed E-state index contributed by atoms with van der Waals surface area (Å²) in [5.41, 5.74) is 0.274. The van der Waals surface area contributed by atoms with Crippen LogP contribution in [0.5, 0.6) is 0 Å². The van der Waals surface area contributed by atoms with Crippen molar-refractivity contribution < 1.29 is 22.7 Å². The van der Waals surface area contributed by atoms with Crippen LogP contribution in [0.1, 0.15) is 9.67 Å². The summed E-state index contributed by atoms with van der Waals surface area (Å²) in [7, 11) is -3.89. The minimum atomic E-state index is -3.89. The molecule has 0 fully saturated rings. The van der Waals surface area contributed by atoms with Gasteiger partial charge in [0.2, 0.25) is 0 Å². The van der Waals surface area contributed by atoms with Gasteiger partial charge in [-0.2, -0.15) is 0 Å². The van der Waals surface area contributed by atoms with Gasteiger partial charge in [0.05, 0.1) is 10.6 Å². The molecule has 3 aromatic rings. The standard InChI is InChI=1S/C15H10FNO4S2/c16-9-4-6-10(7-5-9)23(20,21)17-12-2-1-3-13-11(12)8-14(22-13)15(18)19/h1-8,17H,(H,18,19). The van der Waals surface area contributed by atoms with E-state index >= 15 is 0 Å². The Labute approximate surface area is 135 Å². The zero-order valence-electron chi connectivity index (χ0n) is 11.5. The SMILES string of the molecule is O=C(O)c1cc2c(NS(=O)(=O)c3ccc(F)cc3)cccc2s1. The first-order valence-electron chi connectivity index (χ1n) is 6.41. The molecule has 2 N–H and O–H groups in total. The molecule has 0 saturated carbocycles. The van der Waals surface area contributed by atoms with Crippen LogP contribution in [0.25, 0.3) is 10.1 Å². The smallest absolute Gasteiger partial charge is 0.345 e. The molecule has 2 aromatic carbocycles. The van der Waals surface area contributed by atoms with Crippen molar-refractivity contribution in [2.45, 2.75) is 4.90 Å². The molecule has 5 nitrogen and oxygen atoms in total. The third-order valence-electron chi connectivity index (χ3n) is 3.14. The predicted octanol–water partition coefficient (Wildman–Crippen LogP) is 3.54. The Bertz CT molecular complexity index is 994. The van der Waals surface area contributed by atoms with Gasteiger partial charge in [0.1, 0.15) is 10.7 Å². The molecule has 0 atom stereocenters. The monoisotopic (exact) mass is 351 g/mol. The number of aromatic carboxylic acids is 1. The van der Waals surface area contributed by atoms with Gasteiger partial charge in [-0.25, -0.2) is 17.6 Å². The van der Waals surface area contributed by atoms with E-state index < -0.39 is 21.8 Å². The van der Waals surface area contributed by atoms with E-state index in [0.717, 1.165) is 35.6 Å². The summed E-state index contributed by atoms with van der Waals surface area (Å²) < 4.78 is 40.7. The van der Waals surface area contributed by atoms with Crippen molar-refractivity contribution in [1.82, 2.24) is 0 Å². The number of hydrogen-bond acceptors (Lipinski definition) is 4. The van der Waals surface area contributed by atoms with Gasteiger partial charge in [-0.15, -0.1) is 11.3 Å². The summed E-state index contributed by atoms with van der Waals surface area (Å²) in [4.78, 5) is 11.1. The second-order valence-corrected chi connectivity index (χ2v) is 7.46. The van der Waals surface area contributed by atoms with Crippen LogP contribution in [0.3, 0.4) is 0 Å². The maximum absolute atomic E-state index is 12.9. The van der Waals surface area contributed by atoms with Crippen LogP contribution >= 0.6 is 11.3 Å². The maximum Gasteiger partial charge on any atom is 0.345 e. The molecule has 23 heavy (non-hydrogen) atoms. The number of rotatable bonds is 4. The fourth-order valence-electron chi connectivity index (χ4n) is 2.07. The first-order chi connectivity index (χ1) is 10.9. The van der Waals surface area contributed by atoms with E-state index in [1.807, 2.05) is 0 Å². The van der Waals surface area contributed by atoms with Crippen LogP contribution in [0.4, 0.5) is 10.1 Å². The molecule has 0 unspecified atom stereocenters. The summed E-state index contributed by atoms with van der Waals surface area (Å²) in [6.07, 6.45) is 0. The second-order valence-electron chi connectivity index (χ2n) is 4.69. The highest BCUT2D eigenvalue weighted by Crippen LogP contribution is 2.32. The first-order valence-corrected chi connectivity index (χ1v) is 8.71. The number of fused-ring (bicyclic) bond motifs is 1. The zero-order valence-corrected chi connectivity index (χ0v) is 13.1. The molecule has 0 aliphatic carbocycles. The number of anilines is 1. The highest BCUT2D eigenvalue weighted by atomic mass is 32.2. The van der Waals surface area contributed by atoms with Crippen LogP contribution in [0.15, 0.2) is 53.4 Å². The van der Waals surface area contributed by atoms with E-state index in [1.54, 1.807) is 18.2 Å². The van der Waals surface area contributed by atoms with Gasteiger partial charge in [-0.05, 0) is 42.5 Å². The summed E-state index contributed by atoms with van der Waals surface area (Å²) in [6.45, 7) is 0. The Balaban J connectivity index is 2.03. The average Bonchev–Trinajstić information content (AvgIpc) is 2.93. The van der Waals surface area contributed by atoms with Crippen molar-refractivity contribution in [3.05, 3.63) is 59.2 Å². The molecule has 1 aromatic heterocycles. The molecule has 8 heteroatoms. The summed E-state index contributed by atoms with van der Waals surface area (Å²) in [5.74, 6) is -1.60. The van der Waals surface area contributed by atoms with Crippen LogP contribution in [-0.2, 0) is 10.0 Å². The third-order valence-corrected chi connectivity index (χ3v) is 5.61. The van der Waals surface area contributed by atoms with Gasteiger partial charge in [0.15, 0.2) is 0 Å². The molecule has 0 spiro atoms. The maximum atomic E-state index is 12.9. The molecule has 0 radical (unpaired) electrons. The Morgan fingerprint density at radius 2 is 1.83 bits per heavy atom. The van der Waals surface area contributed by atoms with Gasteiger partial charge in [0.25, 0.3) is 10.0 Å². The molecule has 0 aliphatic heterocycles. The Hall–Kier alpha value is -2.45. The lowest BCUT2D eigenvalue weighted by Gasteiger charge is -2.09. The average molecular weight is 351 g/mol. The van der Waals surface area contributed by atoms with Crippen molar-refractivity contribution in [2.75, 3.05) is 4.72 Å². The number of benzene rings is 2. The van der Waals surface area contributed by atoms with E-state index in [2.05, 4.69) is 4.72 Å². The highest BCUT2D eigenvalue weighted by molar-refractivity contribution is 7.92. The van der Waals surface area contributed by atoms with E-state index in [4.69, 9.17) is 5.11 Å². The number of carboxylic acids is 1. The number of carboxylic acid groups (broad SMARTS) is 1. The van der Waals surface area contributed by atoms with Gasteiger partial charge >= 0.3 is 5.97 Å². The fraction of sp³-hybridized carbons (Fsp3) is 0. The molecular formula is C15H10FNO4S2. The highest BCUT2D eigenvalue weighted by Gasteiger charge is 2.17. The number of nitrogens with one attached hydrogen (secondary N) is 1. The second kappa shape index (κ2) is 5.64. The summed E-state index contributed by atoms with van der Waals surface area (Å²) >= 11 is 1.06. The first kappa shape index (κ1) is 15.4. The van der Waals surface area contributed by atoms with Crippen LogP contribution < -0.4 is 4.72 Å². The summed E-state index contributed by atoms with van der Waals surface area (Å²) in [6, 6.07) is 10.7. The number of carbonyl (C=O) groups is 1. The zero-order chi connectivity index (χ0) is 16.6. The Kier molecular flexibility index (Phi) is 3.78. The minimum Gasteiger partial charge on any atom is -0.477 e. The number of thiophene rings is 1. The molecule has 0 amide bonds. The lowest BCUT2D eigenvalue weighted by atomic mass is 10.2. The van der Waals surface area contributed by atoms with Crippen LogP contribution in [-0.4, -0.2) is 19.5 Å². The normalized spacial score (nSPS) is 11.5. The topological polar surface area (TPSA) is 83.5 Å². The minimum absolute atomic E-state index is 0.0791. The van der Waals surface area contributed by atoms with Gasteiger partial charge < -0.3 is 5.11 Å². The van der Waals surface area contributed by atoms with Crippen molar-refractivity contribution >= 4 is 43.1 Å². The fourth-order valence-corrected chi connectivity index (χ4v) is 4.08. The Morgan fingerprint density at radius 1 is 1.13 bits per heavy atom. The van der Waals surface area contributed by atoms with Crippen molar-refractivity contribution in [1.29, 1.82) is 0 Å². The van der Waals surface area contributed by atoms with Crippen molar-refractivity contribution in [3.63, 3.8) is 0 Å². The van der Waals surface area contributed by atoms with Gasteiger partial charge in [-0.1, -0.05) is 6.07 Å². The largest absolute Gasteiger partial charge is 0.477 e. The third kappa shape index (κ3) is 3.03. The quantitative estimate of drug-likeness (QED) is 0.753. The summed E-state index contributed by atoms with van der Waals surface area (Å²) in [5, 5.41) is 9.55. The molecule has 0 saturated heterocycles. The van der Waals surface area contributed by atoms with Crippen molar-refractivity contribution in [3.8, 4) is 0 Å². The van der Waals surface area contributed by atoms with E-state index in [9.17, 15) is 17.6 Å². The number of hydrogen-bond donors (Lipinski definition) is 2. The lowest BCUT2D eigenvalue weighted by Crippen LogP contribution is -2.13. The van der Waals surface area contributed by atoms with Crippen LogP contribution in [0.2, 0.25) is 0 Å². The Morgan fingerprint density at radius 3 is 2.48 bits per heavy atom. The molecular weight excluding hydrogens is 341 g/mol. The number of halogens is 1. The van der Waals surface area contributed by atoms with Gasteiger partial charge in [0, 0.05) is 10.1 Å². The van der Waals surface area contributed by atoms with Crippen LogP contribution in [0, 0.1) is 5.82 Å². The number of sulfonamides is 1. The van der Waals surface area contributed by atoms with Gasteiger partial charge in [-0.3, -0.25) is 4.72 Å². The van der Waals surface area contributed by atoms with E-state index in [-0.39, 0.29) is 15.5 Å². The molecule has 0 bridgehead atoms. The molecule has 118 valence electrons. The lowest BCUT2D eigenvalue weighted by molar-refractivity contribution is 0.0702. The van der Waals surface area contributed by atoms with E-state index in [1.165, 1.54) is 6.07 Å². The molecule has 1 heterocycles. The predicted molar refractivity (Wildman–Crippen MR) is 86.0 cm³/mol.